The zero-order valence-electron chi connectivity index (χ0n) is 13.7. The number of aryl methyl sites for hydroxylation is 1. The van der Waals surface area contributed by atoms with Crippen LogP contribution >= 0.6 is 0 Å². The molecule has 25 heavy (non-hydrogen) atoms. The van der Waals surface area contributed by atoms with Crippen molar-refractivity contribution in [2.75, 3.05) is 6.61 Å². The van der Waals surface area contributed by atoms with Crippen molar-refractivity contribution in [3.8, 4) is 11.5 Å². The van der Waals surface area contributed by atoms with E-state index >= 15 is 0 Å². The number of hydrogen-bond donors (Lipinski definition) is 1. The molecule has 0 spiro atoms. The fourth-order valence-electron chi connectivity index (χ4n) is 2.73. The van der Waals surface area contributed by atoms with Crippen molar-refractivity contribution in [3.05, 3.63) is 60.4 Å². The zero-order valence-corrected chi connectivity index (χ0v) is 13.7. The molecule has 126 valence electrons. The second-order valence-electron chi connectivity index (χ2n) is 5.84. The molecular formula is C19H17N3O3. The van der Waals surface area contributed by atoms with E-state index in [-0.39, 0.29) is 12.5 Å². The third kappa shape index (κ3) is 3.06. The third-order valence-electron chi connectivity index (χ3n) is 4.12. The first-order chi connectivity index (χ1) is 12.2. The summed E-state index contributed by atoms with van der Waals surface area (Å²) in [6.45, 7) is 0.150. The van der Waals surface area contributed by atoms with Crippen LogP contribution in [0.4, 0.5) is 0 Å². The molecule has 0 fully saturated rings. The van der Waals surface area contributed by atoms with Gasteiger partial charge in [0, 0.05) is 13.2 Å². The Labute approximate surface area is 144 Å². The number of amides is 1. The van der Waals surface area contributed by atoms with E-state index in [1.807, 2.05) is 66.3 Å². The summed E-state index contributed by atoms with van der Waals surface area (Å²) in [7, 11) is 1.91. The summed E-state index contributed by atoms with van der Waals surface area (Å²) < 4.78 is 13.4. The molecule has 2 aromatic carbocycles. The molecule has 0 aliphatic carbocycles. The van der Waals surface area contributed by atoms with Crippen LogP contribution in [0.1, 0.15) is 5.69 Å². The number of rotatable bonds is 3. The van der Waals surface area contributed by atoms with Crippen molar-refractivity contribution in [2.24, 2.45) is 12.1 Å². The molecule has 1 amide bonds. The van der Waals surface area contributed by atoms with Gasteiger partial charge in [-0.05, 0) is 35.0 Å². The van der Waals surface area contributed by atoms with E-state index in [0.29, 0.717) is 11.5 Å². The summed E-state index contributed by atoms with van der Waals surface area (Å²) >= 11 is 0. The molecule has 6 heteroatoms. The van der Waals surface area contributed by atoms with Gasteiger partial charge in [0.25, 0.3) is 5.91 Å². The number of nitrogens with zero attached hydrogens (tertiary/aromatic N) is 2. The molecule has 1 aliphatic rings. The highest BCUT2D eigenvalue weighted by atomic mass is 16.6. The molecule has 6 nitrogen and oxygen atoms in total. The molecule has 0 bridgehead atoms. The molecular weight excluding hydrogens is 318 g/mol. The van der Waals surface area contributed by atoms with Gasteiger partial charge in [-0.15, -0.1) is 0 Å². The van der Waals surface area contributed by atoms with Gasteiger partial charge in [-0.1, -0.05) is 24.3 Å². The minimum Gasteiger partial charge on any atom is -0.485 e. The number of ether oxygens (including phenoxy) is 2. The Bertz CT molecular complexity index is 961. The third-order valence-corrected chi connectivity index (χ3v) is 4.12. The molecule has 1 atom stereocenters. The number of aromatic nitrogens is 1. The van der Waals surface area contributed by atoms with Crippen molar-refractivity contribution < 1.29 is 14.3 Å². The van der Waals surface area contributed by atoms with Crippen molar-refractivity contribution >= 4 is 22.9 Å². The highest BCUT2D eigenvalue weighted by Gasteiger charge is 2.27. The van der Waals surface area contributed by atoms with Crippen LogP contribution in [-0.2, 0) is 11.8 Å². The van der Waals surface area contributed by atoms with Gasteiger partial charge in [0.1, 0.15) is 6.61 Å². The van der Waals surface area contributed by atoms with Gasteiger partial charge in [0.15, 0.2) is 11.5 Å². The van der Waals surface area contributed by atoms with Gasteiger partial charge in [0.05, 0.1) is 11.9 Å². The smallest absolute Gasteiger partial charge is 0.284 e. The molecule has 2 heterocycles. The van der Waals surface area contributed by atoms with Crippen LogP contribution in [0, 0.1) is 0 Å². The standard InChI is InChI=1S/C19H17N3O3/c1-22-8-4-7-15(22)11-20-21-19(23)18-12-24-16-9-13-5-2-3-6-14(13)10-17(16)25-18/h2-11,18H,12H2,1H3,(H,21,23). The molecule has 1 aliphatic heterocycles. The van der Waals surface area contributed by atoms with Crippen molar-refractivity contribution in [2.45, 2.75) is 6.10 Å². The summed E-state index contributed by atoms with van der Waals surface area (Å²) in [5.74, 6) is 0.871. The Kier molecular flexibility index (Phi) is 3.85. The van der Waals surface area contributed by atoms with Crippen LogP contribution in [0.3, 0.4) is 0 Å². The normalized spacial score (nSPS) is 16.3. The Hall–Kier alpha value is -3.28. The van der Waals surface area contributed by atoms with E-state index in [4.69, 9.17) is 9.47 Å². The molecule has 3 aromatic rings. The maximum absolute atomic E-state index is 12.2. The van der Waals surface area contributed by atoms with Gasteiger partial charge in [-0.25, -0.2) is 5.43 Å². The topological polar surface area (TPSA) is 64.9 Å². The molecule has 1 unspecified atom stereocenters. The minimum absolute atomic E-state index is 0.150. The lowest BCUT2D eigenvalue weighted by Crippen LogP contribution is -2.42. The lowest BCUT2D eigenvalue weighted by molar-refractivity contribution is -0.130. The van der Waals surface area contributed by atoms with E-state index in [0.717, 1.165) is 16.5 Å². The molecule has 1 N–H and O–H groups in total. The molecule has 0 saturated carbocycles. The maximum atomic E-state index is 12.2. The van der Waals surface area contributed by atoms with Crippen LogP contribution in [0.15, 0.2) is 59.8 Å². The maximum Gasteiger partial charge on any atom is 0.284 e. The van der Waals surface area contributed by atoms with Gasteiger partial charge < -0.3 is 14.0 Å². The van der Waals surface area contributed by atoms with Crippen LogP contribution in [0.2, 0.25) is 0 Å². The minimum atomic E-state index is -0.737. The van der Waals surface area contributed by atoms with Gasteiger partial charge in [0.2, 0.25) is 6.10 Å². The number of hydrogen-bond acceptors (Lipinski definition) is 4. The summed E-state index contributed by atoms with van der Waals surface area (Å²) in [6.07, 6.45) is 2.75. The van der Waals surface area contributed by atoms with Gasteiger partial charge in [-0.2, -0.15) is 5.10 Å². The number of nitrogens with one attached hydrogen (secondary N) is 1. The highest BCUT2D eigenvalue weighted by molar-refractivity contribution is 5.87. The molecule has 0 saturated heterocycles. The summed E-state index contributed by atoms with van der Waals surface area (Å²) in [4.78, 5) is 12.2. The first-order valence-corrected chi connectivity index (χ1v) is 7.97. The SMILES string of the molecule is Cn1cccc1C=NNC(=O)C1COc2cc3ccccc3cc2O1. The largest absolute Gasteiger partial charge is 0.485 e. The Balaban J connectivity index is 1.46. The van der Waals surface area contributed by atoms with E-state index in [2.05, 4.69) is 10.5 Å². The average Bonchev–Trinajstić information content (AvgIpc) is 3.04. The van der Waals surface area contributed by atoms with Gasteiger partial charge in [-0.3, -0.25) is 4.79 Å². The van der Waals surface area contributed by atoms with Crippen molar-refractivity contribution in [3.63, 3.8) is 0 Å². The van der Waals surface area contributed by atoms with Gasteiger partial charge >= 0.3 is 0 Å². The molecule has 0 radical (unpaired) electrons. The number of carbonyl (C=O) groups excluding carboxylic acids is 1. The Morgan fingerprint density at radius 3 is 2.68 bits per heavy atom. The monoisotopic (exact) mass is 335 g/mol. The highest BCUT2D eigenvalue weighted by Crippen LogP contribution is 2.35. The lowest BCUT2D eigenvalue weighted by atomic mass is 10.1. The first kappa shape index (κ1) is 15.3. The lowest BCUT2D eigenvalue weighted by Gasteiger charge is -2.25. The first-order valence-electron chi connectivity index (χ1n) is 7.97. The summed E-state index contributed by atoms with van der Waals surface area (Å²) in [5.41, 5.74) is 3.38. The predicted molar refractivity (Wildman–Crippen MR) is 95.0 cm³/mol. The van der Waals surface area contributed by atoms with E-state index in [9.17, 15) is 4.79 Å². The van der Waals surface area contributed by atoms with E-state index in [1.165, 1.54) is 0 Å². The zero-order chi connectivity index (χ0) is 17.2. The summed E-state index contributed by atoms with van der Waals surface area (Å²) in [5, 5.41) is 6.08. The molecule has 1 aromatic heterocycles. The van der Waals surface area contributed by atoms with E-state index in [1.54, 1.807) is 6.21 Å². The average molecular weight is 335 g/mol. The van der Waals surface area contributed by atoms with Crippen LogP contribution in [0.25, 0.3) is 10.8 Å². The van der Waals surface area contributed by atoms with E-state index < -0.39 is 6.10 Å². The van der Waals surface area contributed by atoms with Crippen LogP contribution < -0.4 is 14.9 Å². The Morgan fingerprint density at radius 1 is 1.20 bits per heavy atom. The number of hydrazone groups is 1. The Morgan fingerprint density at radius 2 is 1.96 bits per heavy atom. The predicted octanol–water partition coefficient (Wildman–Crippen LogP) is 2.47. The second-order valence-corrected chi connectivity index (χ2v) is 5.84. The number of benzene rings is 2. The quantitative estimate of drug-likeness (QED) is 0.591. The number of carbonyl (C=O) groups is 1. The van der Waals surface area contributed by atoms with Crippen LogP contribution in [0.5, 0.6) is 11.5 Å². The fraction of sp³-hybridized carbons (Fsp3) is 0.158. The van der Waals surface area contributed by atoms with Crippen molar-refractivity contribution in [1.29, 1.82) is 0 Å². The van der Waals surface area contributed by atoms with Crippen molar-refractivity contribution in [1.82, 2.24) is 9.99 Å². The number of fused-ring (bicyclic) bond motifs is 2. The van der Waals surface area contributed by atoms with Crippen LogP contribution in [-0.4, -0.2) is 29.4 Å². The molecule has 4 rings (SSSR count). The summed E-state index contributed by atoms with van der Waals surface area (Å²) in [6, 6.07) is 15.5. The fourth-order valence-corrected chi connectivity index (χ4v) is 2.73. The second kappa shape index (κ2) is 6.32.